The molecule has 0 aliphatic heterocycles. The van der Waals surface area contributed by atoms with Gasteiger partial charge in [0.25, 0.3) is 0 Å². The predicted octanol–water partition coefficient (Wildman–Crippen LogP) is 3.29. The van der Waals surface area contributed by atoms with E-state index in [1.54, 1.807) is 6.07 Å². The van der Waals surface area contributed by atoms with Crippen LogP contribution in [0.5, 0.6) is 11.6 Å². The van der Waals surface area contributed by atoms with Gasteiger partial charge >= 0.3 is 0 Å². The van der Waals surface area contributed by atoms with Crippen molar-refractivity contribution in [3.63, 3.8) is 0 Å². The molecule has 0 aliphatic rings. The lowest BCUT2D eigenvalue weighted by molar-refractivity contribution is 0.459. The number of hydrogen-bond donors (Lipinski definition) is 2. The second-order valence-corrected chi connectivity index (χ2v) is 4.68. The maximum atomic E-state index is 5.82. The molecular formula is C15H20N4O. The lowest BCUT2D eigenvalue weighted by atomic mass is 10.1. The molecule has 0 unspecified atom stereocenters. The monoisotopic (exact) mass is 272 g/mol. The average Bonchev–Trinajstić information content (AvgIpc) is 2.41. The maximum absolute atomic E-state index is 5.82. The number of ether oxygens (including phenoxy) is 1. The van der Waals surface area contributed by atoms with Crippen molar-refractivity contribution in [2.24, 2.45) is 0 Å². The molecule has 2 rings (SSSR count). The molecule has 0 atom stereocenters. The molecule has 0 saturated heterocycles. The van der Waals surface area contributed by atoms with Crippen LogP contribution >= 0.6 is 0 Å². The summed E-state index contributed by atoms with van der Waals surface area (Å²) in [6, 6.07) is 7.68. The Kier molecular flexibility index (Phi) is 4.40. The van der Waals surface area contributed by atoms with Gasteiger partial charge in [0.1, 0.15) is 11.6 Å². The van der Waals surface area contributed by atoms with Crippen molar-refractivity contribution in [1.29, 1.82) is 0 Å². The summed E-state index contributed by atoms with van der Waals surface area (Å²) in [5.41, 5.74) is 7.98. The highest BCUT2D eigenvalue weighted by Crippen LogP contribution is 2.27. The first-order valence-electron chi connectivity index (χ1n) is 6.72. The predicted molar refractivity (Wildman–Crippen MR) is 81.2 cm³/mol. The highest BCUT2D eigenvalue weighted by Gasteiger charge is 2.07. The average molecular weight is 272 g/mol. The van der Waals surface area contributed by atoms with Crippen LogP contribution in [0.25, 0.3) is 0 Å². The lowest BCUT2D eigenvalue weighted by Gasteiger charge is -2.11. The highest BCUT2D eigenvalue weighted by atomic mass is 16.5. The van der Waals surface area contributed by atoms with E-state index in [0.29, 0.717) is 11.7 Å². The van der Waals surface area contributed by atoms with E-state index in [2.05, 4.69) is 22.2 Å². The van der Waals surface area contributed by atoms with Crippen molar-refractivity contribution in [3.8, 4) is 11.6 Å². The maximum Gasteiger partial charge on any atom is 0.226 e. The minimum atomic E-state index is 0.200. The molecule has 5 nitrogen and oxygen atoms in total. The van der Waals surface area contributed by atoms with Gasteiger partial charge in [0.15, 0.2) is 0 Å². The number of aromatic nitrogens is 2. The molecule has 0 saturated carbocycles. The molecule has 0 spiro atoms. The van der Waals surface area contributed by atoms with Crippen molar-refractivity contribution in [3.05, 3.63) is 35.4 Å². The van der Waals surface area contributed by atoms with Crippen molar-refractivity contribution >= 4 is 11.8 Å². The molecule has 2 aromatic rings. The van der Waals surface area contributed by atoms with E-state index in [-0.39, 0.29) is 5.95 Å². The van der Waals surface area contributed by atoms with E-state index < -0.39 is 0 Å². The number of nitrogens with zero attached hydrogens (tertiary/aromatic N) is 2. The third kappa shape index (κ3) is 3.38. The zero-order valence-corrected chi connectivity index (χ0v) is 12.1. The minimum Gasteiger partial charge on any atom is -0.438 e. The summed E-state index contributed by atoms with van der Waals surface area (Å²) in [5.74, 6) is 2.11. The molecule has 0 fully saturated rings. The Morgan fingerprint density at radius 1 is 1.25 bits per heavy atom. The number of hydrogen-bond acceptors (Lipinski definition) is 5. The summed E-state index contributed by atoms with van der Waals surface area (Å²) in [4.78, 5) is 8.24. The SMILES string of the molecule is CCCNc1cc(Oc2cccc(C)c2C)nc(N)n1. The topological polar surface area (TPSA) is 73.1 Å². The summed E-state index contributed by atoms with van der Waals surface area (Å²) < 4.78 is 5.82. The van der Waals surface area contributed by atoms with Gasteiger partial charge in [0.2, 0.25) is 11.8 Å². The fraction of sp³-hybridized carbons (Fsp3) is 0.333. The number of nitrogens with one attached hydrogen (secondary N) is 1. The second-order valence-electron chi connectivity index (χ2n) is 4.68. The zero-order chi connectivity index (χ0) is 14.5. The highest BCUT2D eigenvalue weighted by molar-refractivity contribution is 5.46. The van der Waals surface area contributed by atoms with E-state index in [0.717, 1.165) is 24.3 Å². The van der Waals surface area contributed by atoms with Crippen molar-refractivity contribution < 1.29 is 4.74 Å². The molecule has 1 aromatic heterocycles. The number of anilines is 2. The van der Waals surface area contributed by atoms with E-state index in [9.17, 15) is 0 Å². The van der Waals surface area contributed by atoms with E-state index in [4.69, 9.17) is 10.5 Å². The summed E-state index contributed by atoms with van der Waals surface area (Å²) in [5, 5.41) is 3.18. The van der Waals surface area contributed by atoms with Gasteiger partial charge in [-0.15, -0.1) is 0 Å². The zero-order valence-electron chi connectivity index (χ0n) is 12.1. The number of nitrogens with two attached hydrogens (primary N) is 1. The fourth-order valence-corrected chi connectivity index (χ4v) is 1.79. The van der Waals surface area contributed by atoms with E-state index in [1.165, 1.54) is 5.56 Å². The van der Waals surface area contributed by atoms with Crippen molar-refractivity contribution in [1.82, 2.24) is 9.97 Å². The van der Waals surface area contributed by atoms with Crippen LogP contribution in [0.15, 0.2) is 24.3 Å². The summed E-state index contributed by atoms with van der Waals surface area (Å²) in [6.45, 7) is 6.99. The van der Waals surface area contributed by atoms with Crippen LogP contribution in [0.1, 0.15) is 24.5 Å². The first-order valence-corrected chi connectivity index (χ1v) is 6.72. The van der Waals surface area contributed by atoms with Crippen LogP contribution in [0.3, 0.4) is 0 Å². The Morgan fingerprint density at radius 3 is 2.80 bits per heavy atom. The van der Waals surface area contributed by atoms with Gasteiger partial charge in [-0.25, -0.2) is 0 Å². The van der Waals surface area contributed by atoms with Gasteiger partial charge in [-0.05, 0) is 37.5 Å². The largest absolute Gasteiger partial charge is 0.438 e. The Bertz CT molecular complexity index is 598. The Labute approximate surface area is 119 Å². The summed E-state index contributed by atoms with van der Waals surface area (Å²) in [7, 11) is 0. The third-order valence-electron chi connectivity index (χ3n) is 3.05. The smallest absolute Gasteiger partial charge is 0.226 e. The quantitative estimate of drug-likeness (QED) is 0.873. The number of nitrogen functional groups attached to an aromatic ring is 1. The minimum absolute atomic E-state index is 0.200. The lowest BCUT2D eigenvalue weighted by Crippen LogP contribution is -2.05. The van der Waals surface area contributed by atoms with Gasteiger partial charge in [-0.1, -0.05) is 19.1 Å². The van der Waals surface area contributed by atoms with Gasteiger partial charge in [0.05, 0.1) is 0 Å². The van der Waals surface area contributed by atoms with Crippen LogP contribution in [-0.2, 0) is 0 Å². The van der Waals surface area contributed by atoms with Gasteiger partial charge in [0, 0.05) is 12.6 Å². The molecule has 20 heavy (non-hydrogen) atoms. The van der Waals surface area contributed by atoms with Crippen LogP contribution in [0.2, 0.25) is 0 Å². The van der Waals surface area contributed by atoms with Crippen molar-refractivity contribution in [2.45, 2.75) is 27.2 Å². The van der Waals surface area contributed by atoms with Crippen LogP contribution < -0.4 is 15.8 Å². The van der Waals surface area contributed by atoms with E-state index in [1.807, 2.05) is 32.0 Å². The molecule has 5 heteroatoms. The standard InChI is InChI=1S/C15H20N4O/c1-4-8-17-13-9-14(19-15(16)18-13)20-12-7-5-6-10(2)11(12)3/h5-7,9H,4,8H2,1-3H3,(H3,16,17,18,19). The number of benzene rings is 1. The first kappa shape index (κ1) is 14.1. The molecule has 3 N–H and O–H groups in total. The van der Waals surface area contributed by atoms with Gasteiger partial charge in [-0.3, -0.25) is 0 Å². The van der Waals surface area contributed by atoms with Gasteiger partial charge in [-0.2, -0.15) is 9.97 Å². The Morgan fingerprint density at radius 2 is 2.05 bits per heavy atom. The normalized spacial score (nSPS) is 10.3. The fourth-order valence-electron chi connectivity index (χ4n) is 1.79. The summed E-state index contributed by atoms with van der Waals surface area (Å²) >= 11 is 0. The first-order chi connectivity index (χ1) is 9.60. The van der Waals surface area contributed by atoms with Crippen LogP contribution in [-0.4, -0.2) is 16.5 Å². The molecule has 0 bridgehead atoms. The number of aryl methyl sites for hydroxylation is 1. The van der Waals surface area contributed by atoms with Crippen LogP contribution in [0.4, 0.5) is 11.8 Å². The number of rotatable bonds is 5. The van der Waals surface area contributed by atoms with Crippen molar-refractivity contribution in [2.75, 3.05) is 17.6 Å². The molecule has 1 heterocycles. The Balaban J connectivity index is 2.24. The molecule has 0 amide bonds. The molecule has 1 aromatic carbocycles. The van der Waals surface area contributed by atoms with Gasteiger partial charge < -0.3 is 15.8 Å². The Hall–Kier alpha value is -2.30. The molecule has 0 aliphatic carbocycles. The van der Waals surface area contributed by atoms with Crippen LogP contribution in [0, 0.1) is 13.8 Å². The molecular weight excluding hydrogens is 252 g/mol. The molecule has 106 valence electrons. The summed E-state index contributed by atoms with van der Waals surface area (Å²) in [6.07, 6.45) is 1.01. The van der Waals surface area contributed by atoms with E-state index >= 15 is 0 Å². The third-order valence-corrected chi connectivity index (χ3v) is 3.05. The second kappa shape index (κ2) is 6.23. The molecule has 0 radical (unpaired) electrons.